The van der Waals surface area contributed by atoms with Gasteiger partial charge in [-0.25, -0.2) is 0 Å². The van der Waals surface area contributed by atoms with Crippen LogP contribution in [0.25, 0.3) is 0 Å². The third-order valence-corrected chi connectivity index (χ3v) is 5.90. The van der Waals surface area contributed by atoms with Crippen molar-refractivity contribution in [3.05, 3.63) is 94.8 Å². The highest BCUT2D eigenvalue weighted by Gasteiger charge is 2.19. The van der Waals surface area contributed by atoms with Gasteiger partial charge in [0.15, 0.2) is 0 Å². The van der Waals surface area contributed by atoms with Gasteiger partial charge in [0.1, 0.15) is 0 Å². The molecule has 0 atom stereocenters. The molecule has 3 aromatic rings. The maximum atomic E-state index is 12.4. The van der Waals surface area contributed by atoms with Gasteiger partial charge in [-0.05, 0) is 42.0 Å². The molecule has 2 aromatic carbocycles. The van der Waals surface area contributed by atoms with Crippen molar-refractivity contribution < 1.29 is 4.79 Å². The van der Waals surface area contributed by atoms with Crippen LogP contribution in [0.5, 0.6) is 0 Å². The first kappa shape index (κ1) is 21.3. The Morgan fingerprint density at radius 1 is 0.935 bits per heavy atom. The molecule has 1 amide bonds. The van der Waals surface area contributed by atoms with Gasteiger partial charge in [-0.1, -0.05) is 41.9 Å². The largest absolute Gasteiger partial charge is 0.368 e. The number of piperazine rings is 1. The molecule has 0 spiro atoms. The second kappa shape index (κ2) is 10.4. The fourth-order valence-electron chi connectivity index (χ4n) is 3.83. The van der Waals surface area contributed by atoms with Crippen LogP contribution in [0.2, 0.25) is 5.02 Å². The summed E-state index contributed by atoms with van der Waals surface area (Å²) in [4.78, 5) is 21.4. The highest BCUT2D eigenvalue weighted by molar-refractivity contribution is 6.33. The summed E-state index contributed by atoms with van der Waals surface area (Å²) in [5, 5.41) is 3.78. The summed E-state index contributed by atoms with van der Waals surface area (Å²) in [6.45, 7) is 5.36. The molecule has 5 nitrogen and oxygen atoms in total. The minimum absolute atomic E-state index is 0.0455. The number of hydrogen-bond acceptors (Lipinski definition) is 4. The summed E-state index contributed by atoms with van der Waals surface area (Å²) in [5.74, 6) is -0.0455. The second-order valence-electron chi connectivity index (χ2n) is 7.74. The number of aromatic nitrogens is 1. The molecule has 0 unspecified atom stereocenters. The monoisotopic (exact) mass is 434 g/mol. The van der Waals surface area contributed by atoms with Crippen LogP contribution >= 0.6 is 11.6 Å². The van der Waals surface area contributed by atoms with Crippen molar-refractivity contribution in [1.82, 2.24) is 15.2 Å². The molecular weight excluding hydrogens is 408 g/mol. The highest BCUT2D eigenvalue weighted by atomic mass is 35.5. The van der Waals surface area contributed by atoms with E-state index in [9.17, 15) is 4.79 Å². The van der Waals surface area contributed by atoms with Gasteiger partial charge >= 0.3 is 0 Å². The Kier molecular flexibility index (Phi) is 7.18. The SMILES string of the molecule is O=C(NCCc1ccccn1)c1ccc(CN2CCN(c3ccccc3Cl)CC2)cc1. The van der Waals surface area contributed by atoms with E-state index in [4.69, 9.17) is 11.6 Å². The van der Waals surface area contributed by atoms with Crippen molar-refractivity contribution in [2.75, 3.05) is 37.6 Å². The number of carbonyl (C=O) groups excluding carboxylic acids is 1. The number of carbonyl (C=O) groups is 1. The van der Waals surface area contributed by atoms with Crippen molar-refractivity contribution in [2.24, 2.45) is 0 Å². The summed E-state index contributed by atoms with van der Waals surface area (Å²) in [6.07, 6.45) is 2.50. The number of amides is 1. The number of rotatable bonds is 7. The van der Waals surface area contributed by atoms with E-state index in [-0.39, 0.29) is 5.91 Å². The van der Waals surface area contributed by atoms with E-state index in [0.717, 1.165) is 55.5 Å². The number of pyridine rings is 1. The second-order valence-corrected chi connectivity index (χ2v) is 8.15. The van der Waals surface area contributed by atoms with Gasteiger partial charge in [0.25, 0.3) is 5.91 Å². The van der Waals surface area contributed by atoms with Crippen LogP contribution in [0.3, 0.4) is 0 Å². The van der Waals surface area contributed by atoms with Gasteiger partial charge < -0.3 is 10.2 Å². The number of nitrogens with one attached hydrogen (secondary N) is 1. The predicted octanol–water partition coefficient (Wildman–Crippen LogP) is 4.03. The van der Waals surface area contributed by atoms with Crippen molar-refractivity contribution in [2.45, 2.75) is 13.0 Å². The minimum atomic E-state index is -0.0455. The van der Waals surface area contributed by atoms with E-state index < -0.39 is 0 Å². The van der Waals surface area contributed by atoms with Crippen LogP contribution < -0.4 is 10.2 Å². The van der Waals surface area contributed by atoms with Crippen LogP contribution in [-0.2, 0) is 13.0 Å². The molecule has 0 radical (unpaired) electrons. The third kappa shape index (κ3) is 5.84. The van der Waals surface area contributed by atoms with Gasteiger partial charge in [-0.15, -0.1) is 0 Å². The number of para-hydroxylation sites is 1. The molecule has 1 N–H and O–H groups in total. The van der Waals surface area contributed by atoms with Crippen LogP contribution in [0.1, 0.15) is 21.6 Å². The van der Waals surface area contributed by atoms with E-state index in [1.807, 2.05) is 60.7 Å². The van der Waals surface area contributed by atoms with Crippen LogP contribution in [0.4, 0.5) is 5.69 Å². The molecule has 31 heavy (non-hydrogen) atoms. The molecule has 2 heterocycles. The summed E-state index contributed by atoms with van der Waals surface area (Å²) in [6, 6.07) is 21.8. The average Bonchev–Trinajstić information content (AvgIpc) is 2.81. The predicted molar refractivity (Wildman–Crippen MR) is 126 cm³/mol. The van der Waals surface area contributed by atoms with Gasteiger partial charge in [0, 0.05) is 63.1 Å². The standard InChI is InChI=1S/C25H27ClN4O/c26-23-6-1-2-7-24(23)30-17-15-29(16-18-30)19-20-8-10-21(11-9-20)25(31)28-14-12-22-5-3-4-13-27-22/h1-11,13H,12,14-19H2,(H,28,31). The highest BCUT2D eigenvalue weighted by Crippen LogP contribution is 2.26. The normalized spacial score (nSPS) is 14.4. The van der Waals surface area contributed by atoms with Crippen molar-refractivity contribution >= 4 is 23.2 Å². The van der Waals surface area contributed by atoms with Crippen LogP contribution in [0.15, 0.2) is 72.9 Å². The maximum absolute atomic E-state index is 12.4. The number of halogens is 1. The molecule has 6 heteroatoms. The maximum Gasteiger partial charge on any atom is 0.251 e. The van der Waals surface area contributed by atoms with E-state index >= 15 is 0 Å². The van der Waals surface area contributed by atoms with Crippen molar-refractivity contribution in [3.63, 3.8) is 0 Å². The summed E-state index contributed by atoms with van der Waals surface area (Å²) < 4.78 is 0. The fourth-order valence-corrected chi connectivity index (χ4v) is 4.08. The average molecular weight is 435 g/mol. The lowest BCUT2D eigenvalue weighted by molar-refractivity contribution is 0.0954. The Morgan fingerprint density at radius 2 is 1.68 bits per heavy atom. The Bertz CT molecular complexity index is 986. The zero-order valence-electron chi connectivity index (χ0n) is 17.5. The summed E-state index contributed by atoms with van der Waals surface area (Å²) in [5.41, 5.74) is 4.00. The first-order chi connectivity index (χ1) is 15.2. The van der Waals surface area contributed by atoms with E-state index in [1.165, 1.54) is 5.56 Å². The molecule has 1 fully saturated rings. The molecule has 1 aliphatic heterocycles. The van der Waals surface area contributed by atoms with Gasteiger partial charge in [0.2, 0.25) is 0 Å². The minimum Gasteiger partial charge on any atom is -0.368 e. The molecule has 0 aliphatic carbocycles. The quantitative estimate of drug-likeness (QED) is 0.610. The molecule has 0 bridgehead atoms. The van der Waals surface area contributed by atoms with Crippen molar-refractivity contribution in [1.29, 1.82) is 0 Å². The first-order valence-electron chi connectivity index (χ1n) is 10.7. The molecule has 1 aliphatic rings. The molecule has 1 aromatic heterocycles. The molecule has 160 valence electrons. The zero-order valence-corrected chi connectivity index (χ0v) is 18.3. The zero-order chi connectivity index (χ0) is 21.5. The van der Waals surface area contributed by atoms with E-state index in [0.29, 0.717) is 12.1 Å². The molecule has 0 saturated carbocycles. The molecular formula is C25H27ClN4O. The number of anilines is 1. The molecule has 4 rings (SSSR count). The Morgan fingerprint density at radius 3 is 2.39 bits per heavy atom. The number of nitrogens with zero attached hydrogens (tertiary/aromatic N) is 3. The van der Waals surface area contributed by atoms with Gasteiger partial charge in [0.05, 0.1) is 10.7 Å². The lowest BCUT2D eigenvalue weighted by atomic mass is 10.1. The van der Waals surface area contributed by atoms with Crippen LogP contribution in [-0.4, -0.2) is 48.5 Å². The molecule has 1 saturated heterocycles. The summed E-state index contributed by atoms with van der Waals surface area (Å²) >= 11 is 6.34. The Balaban J connectivity index is 1.23. The smallest absolute Gasteiger partial charge is 0.251 e. The number of hydrogen-bond donors (Lipinski definition) is 1. The third-order valence-electron chi connectivity index (χ3n) is 5.58. The lowest BCUT2D eigenvalue weighted by Gasteiger charge is -2.36. The van der Waals surface area contributed by atoms with Gasteiger partial charge in [-0.3, -0.25) is 14.7 Å². The van der Waals surface area contributed by atoms with Crippen LogP contribution in [0, 0.1) is 0 Å². The van der Waals surface area contributed by atoms with Gasteiger partial charge in [-0.2, -0.15) is 0 Å². The fraction of sp³-hybridized carbons (Fsp3) is 0.280. The van der Waals surface area contributed by atoms with Crippen molar-refractivity contribution in [3.8, 4) is 0 Å². The van der Waals surface area contributed by atoms with E-state index in [2.05, 4.69) is 26.2 Å². The van der Waals surface area contributed by atoms with E-state index in [1.54, 1.807) is 6.20 Å². The number of benzene rings is 2. The summed E-state index contributed by atoms with van der Waals surface area (Å²) in [7, 11) is 0. The first-order valence-corrected chi connectivity index (χ1v) is 11.1. The Hall–Kier alpha value is -2.89. The topological polar surface area (TPSA) is 48.5 Å². The Labute approximate surface area is 188 Å². The lowest BCUT2D eigenvalue weighted by Crippen LogP contribution is -2.46.